The van der Waals surface area contributed by atoms with E-state index in [9.17, 15) is 0 Å². The number of halogens is 2. The maximum absolute atomic E-state index is 6.19. The smallest absolute Gasteiger partial charge is 0.123 e. The van der Waals surface area contributed by atoms with Gasteiger partial charge < -0.3 is 4.74 Å². The summed E-state index contributed by atoms with van der Waals surface area (Å²) in [7, 11) is 0. The molecule has 0 amide bonds. The van der Waals surface area contributed by atoms with E-state index >= 15 is 0 Å². The molecule has 2 rings (SSSR count). The topological polar surface area (TPSA) is 9.23 Å². The lowest BCUT2D eigenvalue weighted by Gasteiger charge is -2.35. The van der Waals surface area contributed by atoms with E-state index in [1.54, 1.807) is 0 Å². The van der Waals surface area contributed by atoms with E-state index in [1.807, 2.05) is 0 Å². The Hall–Kier alpha value is -0.400. The van der Waals surface area contributed by atoms with Gasteiger partial charge in [-0.3, -0.25) is 0 Å². The van der Waals surface area contributed by atoms with E-state index < -0.39 is 0 Å². The quantitative estimate of drug-likeness (QED) is 0.709. The standard InChI is InChI=1S/C16H22Cl2O/c1-11(2)16(9-17,10-18)8-14-7-13-6-12(3)4-5-15(13)19-14/h4-6,11,14H,7-10H2,1-3H3. The SMILES string of the molecule is Cc1ccc2c(c1)CC(CC(CCl)(CCl)C(C)C)O2. The van der Waals surface area contributed by atoms with Gasteiger partial charge in [-0.05, 0) is 30.9 Å². The molecular formula is C16H22Cl2O. The monoisotopic (exact) mass is 300 g/mol. The molecule has 0 bridgehead atoms. The fraction of sp³-hybridized carbons (Fsp3) is 0.625. The van der Waals surface area contributed by atoms with Gasteiger partial charge in [-0.1, -0.05) is 31.5 Å². The Labute approximate surface area is 126 Å². The number of hydrogen-bond donors (Lipinski definition) is 0. The molecule has 0 N–H and O–H groups in total. The predicted molar refractivity (Wildman–Crippen MR) is 82.6 cm³/mol. The summed E-state index contributed by atoms with van der Waals surface area (Å²) in [5.74, 6) is 2.65. The molecule has 1 aliphatic heterocycles. The highest BCUT2D eigenvalue weighted by Crippen LogP contribution is 2.40. The second-order valence-electron chi connectivity index (χ2n) is 6.04. The molecule has 1 atom stereocenters. The van der Waals surface area contributed by atoms with Gasteiger partial charge in [-0.25, -0.2) is 0 Å². The van der Waals surface area contributed by atoms with E-state index in [1.165, 1.54) is 11.1 Å². The largest absolute Gasteiger partial charge is 0.490 e. The van der Waals surface area contributed by atoms with Crippen LogP contribution >= 0.6 is 23.2 Å². The molecular weight excluding hydrogens is 279 g/mol. The van der Waals surface area contributed by atoms with Gasteiger partial charge in [0.1, 0.15) is 11.9 Å². The Morgan fingerprint density at radius 3 is 2.58 bits per heavy atom. The van der Waals surface area contributed by atoms with Crippen molar-refractivity contribution in [3.8, 4) is 5.75 Å². The maximum atomic E-state index is 6.19. The van der Waals surface area contributed by atoms with Gasteiger partial charge in [0.25, 0.3) is 0 Å². The van der Waals surface area contributed by atoms with Crippen LogP contribution in [0, 0.1) is 18.3 Å². The van der Waals surface area contributed by atoms with E-state index in [0.29, 0.717) is 17.7 Å². The van der Waals surface area contributed by atoms with Crippen molar-refractivity contribution in [1.29, 1.82) is 0 Å². The van der Waals surface area contributed by atoms with Crippen LogP contribution in [0.4, 0.5) is 0 Å². The summed E-state index contributed by atoms with van der Waals surface area (Å²) in [4.78, 5) is 0. The summed E-state index contributed by atoms with van der Waals surface area (Å²) in [5.41, 5.74) is 2.56. The third-order valence-electron chi connectivity index (χ3n) is 4.35. The van der Waals surface area contributed by atoms with Crippen molar-refractivity contribution in [3.63, 3.8) is 0 Å². The van der Waals surface area contributed by atoms with Crippen molar-refractivity contribution in [2.24, 2.45) is 11.3 Å². The van der Waals surface area contributed by atoms with Crippen LogP contribution in [0.2, 0.25) is 0 Å². The highest BCUT2D eigenvalue weighted by molar-refractivity contribution is 6.21. The Bertz CT molecular complexity index is 438. The van der Waals surface area contributed by atoms with Gasteiger partial charge in [0.15, 0.2) is 0 Å². The fourth-order valence-corrected chi connectivity index (χ4v) is 3.83. The van der Waals surface area contributed by atoms with Crippen molar-refractivity contribution in [2.45, 2.75) is 39.7 Å². The van der Waals surface area contributed by atoms with Crippen molar-refractivity contribution >= 4 is 23.2 Å². The molecule has 19 heavy (non-hydrogen) atoms. The van der Waals surface area contributed by atoms with Crippen LogP contribution < -0.4 is 4.74 Å². The second-order valence-corrected chi connectivity index (χ2v) is 6.58. The number of alkyl halides is 2. The molecule has 106 valence electrons. The predicted octanol–water partition coefficient (Wildman–Crippen LogP) is 4.81. The number of aryl methyl sites for hydroxylation is 1. The zero-order chi connectivity index (χ0) is 14.0. The first-order valence-corrected chi connectivity index (χ1v) is 7.96. The highest BCUT2D eigenvalue weighted by atomic mass is 35.5. The number of ether oxygens (including phenoxy) is 1. The van der Waals surface area contributed by atoms with Gasteiger partial charge in [0, 0.05) is 23.6 Å². The van der Waals surface area contributed by atoms with Gasteiger partial charge in [-0.15, -0.1) is 23.2 Å². The van der Waals surface area contributed by atoms with Crippen LogP contribution in [0.25, 0.3) is 0 Å². The summed E-state index contributed by atoms with van der Waals surface area (Å²) < 4.78 is 6.05. The van der Waals surface area contributed by atoms with E-state index in [4.69, 9.17) is 27.9 Å². The van der Waals surface area contributed by atoms with Crippen molar-refractivity contribution in [3.05, 3.63) is 29.3 Å². The first-order chi connectivity index (χ1) is 9.00. The van der Waals surface area contributed by atoms with Crippen molar-refractivity contribution in [2.75, 3.05) is 11.8 Å². The summed E-state index contributed by atoms with van der Waals surface area (Å²) in [5, 5.41) is 0. The van der Waals surface area contributed by atoms with E-state index in [2.05, 4.69) is 39.0 Å². The Morgan fingerprint density at radius 2 is 2.00 bits per heavy atom. The number of benzene rings is 1. The lowest BCUT2D eigenvalue weighted by atomic mass is 9.75. The molecule has 0 aliphatic carbocycles. The normalized spacial score (nSPS) is 18.5. The molecule has 0 aromatic heterocycles. The van der Waals surface area contributed by atoms with Gasteiger partial charge in [-0.2, -0.15) is 0 Å². The minimum atomic E-state index is -0.0368. The summed E-state index contributed by atoms with van der Waals surface area (Å²) in [6, 6.07) is 6.39. The van der Waals surface area contributed by atoms with Gasteiger partial charge >= 0.3 is 0 Å². The third-order valence-corrected chi connectivity index (χ3v) is 5.41. The molecule has 1 aromatic rings. The molecule has 1 nitrogen and oxygen atoms in total. The van der Waals surface area contributed by atoms with E-state index in [-0.39, 0.29) is 11.5 Å². The molecule has 0 saturated carbocycles. The average Bonchev–Trinajstić information content (AvgIpc) is 2.77. The first-order valence-electron chi connectivity index (χ1n) is 6.89. The van der Waals surface area contributed by atoms with Gasteiger partial charge in [0.05, 0.1) is 0 Å². The number of fused-ring (bicyclic) bond motifs is 1. The summed E-state index contributed by atoms with van der Waals surface area (Å²) in [6.07, 6.45) is 2.10. The molecule has 0 spiro atoms. The zero-order valence-corrected chi connectivity index (χ0v) is 13.4. The Kier molecular flexibility index (Phi) is 4.68. The van der Waals surface area contributed by atoms with Crippen molar-refractivity contribution in [1.82, 2.24) is 0 Å². The van der Waals surface area contributed by atoms with Crippen LogP contribution in [-0.2, 0) is 6.42 Å². The molecule has 1 aliphatic rings. The maximum Gasteiger partial charge on any atom is 0.123 e. The molecule has 1 unspecified atom stereocenters. The molecule has 1 aromatic carbocycles. The summed E-state index contributed by atoms with van der Waals surface area (Å²) in [6.45, 7) is 6.50. The fourth-order valence-electron chi connectivity index (χ4n) is 2.71. The molecule has 3 heteroatoms. The van der Waals surface area contributed by atoms with E-state index in [0.717, 1.165) is 18.6 Å². The highest BCUT2D eigenvalue weighted by Gasteiger charge is 2.37. The average molecular weight is 301 g/mol. The van der Waals surface area contributed by atoms with Crippen LogP contribution in [-0.4, -0.2) is 17.9 Å². The molecule has 0 saturated heterocycles. The molecule has 1 heterocycles. The number of rotatable bonds is 5. The lowest BCUT2D eigenvalue weighted by Crippen LogP contribution is -2.37. The second kappa shape index (κ2) is 5.93. The Balaban J connectivity index is 2.10. The molecule has 0 fully saturated rings. The number of hydrogen-bond acceptors (Lipinski definition) is 1. The minimum absolute atomic E-state index is 0.0368. The first kappa shape index (κ1) is 15.0. The van der Waals surface area contributed by atoms with Crippen LogP contribution in [0.3, 0.4) is 0 Å². The lowest BCUT2D eigenvalue weighted by molar-refractivity contribution is 0.128. The van der Waals surface area contributed by atoms with Crippen LogP contribution in [0.1, 0.15) is 31.4 Å². The summed E-state index contributed by atoms with van der Waals surface area (Å²) >= 11 is 12.4. The minimum Gasteiger partial charge on any atom is -0.490 e. The third kappa shape index (κ3) is 3.03. The van der Waals surface area contributed by atoms with Crippen LogP contribution in [0.15, 0.2) is 18.2 Å². The van der Waals surface area contributed by atoms with Crippen molar-refractivity contribution < 1.29 is 4.74 Å². The Morgan fingerprint density at radius 1 is 1.32 bits per heavy atom. The van der Waals surface area contributed by atoms with Crippen LogP contribution in [0.5, 0.6) is 5.75 Å². The zero-order valence-electron chi connectivity index (χ0n) is 11.9. The molecule has 0 radical (unpaired) electrons. The van der Waals surface area contributed by atoms with Gasteiger partial charge in [0.2, 0.25) is 0 Å².